The summed E-state index contributed by atoms with van der Waals surface area (Å²) in [6, 6.07) is 9.83. The molecule has 92 valence electrons. The standard InChI is InChI=1S/C15H20O2/c1-12(2)16-15(17-13(3)4)11-10-14-8-6-5-7-9-14/h5-9,12-13,15H,1-4H3. The lowest BCUT2D eigenvalue weighted by molar-refractivity contribution is -0.146. The summed E-state index contributed by atoms with van der Waals surface area (Å²) < 4.78 is 11.2. The Bertz CT molecular complexity index is 361. The zero-order valence-electron chi connectivity index (χ0n) is 10.9. The summed E-state index contributed by atoms with van der Waals surface area (Å²) >= 11 is 0. The SMILES string of the molecule is CC(C)OC(C#Cc1ccccc1)OC(C)C. The fourth-order valence-corrected chi connectivity index (χ4v) is 1.26. The van der Waals surface area contributed by atoms with Crippen LogP contribution in [0.25, 0.3) is 0 Å². The van der Waals surface area contributed by atoms with E-state index < -0.39 is 6.29 Å². The van der Waals surface area contributed by atoms with E-state index >= 15 is 0 Å². The van der Waals surface area contributed by atoms with Gasteiger partial charge in [-0.2, -0.15) is 0 Å². The van der Waals surface area contributed by atoms with Crippen molar-refractivity contribution in [2.24, 2.45) is 0 Å². The Balaban J connectivity index is 2.68. The van der Waals surface area contributed by atoms with E-state index in [-0.39, 0.29) is 12.2 Å². The second kappa shape index (κ2) is 7.11. The molecule has 0 amide bonds. The van der Waals surface area contributed by atoms with Gasteiger partial charge < -0.3 is 9.47 Å². The van der Waals surface area contributed by atoms with Gasteiger partial charge in [-0.25, -0.2) is 0 Å². The summed E-state index contributed by atoms with van der Waals surface area (Å²) in [5.74, 6) is 6.06. The van der Waals surface area contributed by atoms with Gasteiger partial charge in [-0.1, -0.05) is 24.1 Å². The van der Waals surface area contributed by atoms with E-state index in [4.69, 9.17) is 9.47 Å². The van der Waals surface area contributed by atoms with Crippen LogP contribution >= 0.6 is 0 Å². The maximum Gasteiger partial charge on any atom is 0.223 e. The zero-order valence-corrected chi connectivity index (χ0v) is 10.9. The molecular weight excluding hydrogens is 212 g/mol. The van der Waals surface area contributed by atoms with E-state index in [0.717, 1.165) is 5.56 Å². The van der Waals surface area contributed by atoms with Crippen LogP contribution in [-0.4, -0.2) is 18.5 Å². The molecule has 0 fully saturated rings. The lowest BCUT2D eigenvalue weighted by Gasteiger charge is -2.18. The van der Waals surface area contributed by atoms with Gasteiger partial charge in [0, 0.05) is 5.56 Å². The van der Waals surface area contributed by atoms with Gasteiger partial charge in [0.25, 0.3) is 0 Å². The molecule has 0 spiro atoms. The minimum absolute atomic E-state index is 0.101. The van der Waals surface area contributed by atoms with Crippen molar-refractivity contribution in [2.75, 3.05) is 0 Å². The Kier molecular flexibility index (Phi) is 5.76. The predicted octanol–water partition coefficient (Wildman–Crippen LogP) is 3.21. The Labute approximate surface area is 104 Å². The first-order valence-corrected chi connectivity index (χ1v) is 5.95. The number of benzene rings is 1. The maximum absolute atomic E-state index is 5.59. The average molecular weight is 232 g/mol. The summed E-state index contributed by atoms with van der Waals surface area (Å²) in [7, 11) is 0. The van der Waals surface area contributed by atoms with Gasteiger partial charge in [-0.15, -0.1) is 0 Å². The molecule has 0 aliphatic heterocycles. The van der Waals surface area contributed by atoms with Crippen LogP contribution in [0, 0.1) is 11.8 Å². The van der Waals surface area contributed by atoms with E-state index in [1.165, 1.54) is 0 Å². The molecule has 0 atom stereocenters. The summed E-state index contributed by atoms with van der Waals surface area (Å²) in [4.78, 5) is 0. The molecule has 1 rings (SSSR count). The van der Waals surface area contributed by atoms with Crippen LogP contribution in [0.5, 0.6) is 0 Å². The highest BCUT2D eigenvalue weighted by atomic mass is 16.7. The molecule has 0 N–H and O–H groups in total. The summed E-state index contributed by atoms with van der Waals surface area (Å²) in [5, 5.41) is 0. The highest BCUT2D eigenvalue weighted by molar-refractivity contribution is 5.34. The minimum Gasteiger partial charge on any atom is -0.339 e. The number of hydrogen-bond acceptors (Lipinski definition) is 2. The first kappa shape index (κ1) is 13.8. The molecule has 1 aromatic carbocycles. The van der Waals surface area contributed by atoms with Crippen LogP contribution in [0.4, 0.5) is 0 Å². The quantitative estimate of drug-likeness (QED) is 0.586. The van der Waals surface area contributed by atoms with Crippen molar-refractivity contribution in [3.63, 3.8) is 0 Å². The molecule has 0 unspecified atom stereocenters. The number of rotatable bonds is 4. The lowest BCUT2D eigenvalue weighted by atomic mass is 10.2. The zero-order chi connectivity index (χ0) is 12.7. The Hall–Kier alpha value is -1.30. The number of hydrogen-bond donors (Lipinski definition) is 0. The normalized spacial score (nSPS) is 10.8. The average Bonchev–Trinajstić information content (AvgIpc) is 2.26. The van der Waals surface area contributed by atoms with Crippen molar-refractivity contribution in [2.45, 2.75) is 46.2 Å². The van der Waals surface area contributed by atoms with Gasteiger partial charge in [-0.05, 0) is 45.7 Å². The van der Waals surface area contributed by atoms with E-state index in [9.17, 15) is 0 Å². The van der Waals surface area contributed by atoms with Crippen LogP contribution in [0.2, 0.25) is 0 Å². The molecule has 2 nitrogen and oxygen atoms in total. The van der Waals surface area contributed by atoms with Crippen molar-refractivity contribution in [1.82, 2.24) is 0 Å². The van der Waals surface area contributed by atoms with Crippen molar-refractivity contribution >= 4 is 0 Å². The smallest absolute Gasteiger partial charge is 0.223 e. The van der Waals surface area contributed by atoms with Gasteiger partial charge in [0.1, 0.15) is 0 Å². The molecule has 2 heteroatoms. The van der Waals surface area contributed by atoms with Gasteiger partial charge in [0.05, 0.1) is 12.2 Å². The molecule has 0 saturated carbocycles. The largest absolute Gasteiger partial charge is 0.339 e. The minimum atomic E-state index is -0.463. The third-order valence-corrected chi connectivity index (χ3v) is 1.90. The first-order chi connectivity index (χ1) is 8.08. The lowest BCUT2D eigenvalue weighted by Crippen LogP contribution is -2.23. The summed E-state index contributed by atoms with van der Waals surface area (Å²) in [5.41, 5.74) is 0.970. The van der Waals surface area contributed by atoms with Crippen LogP contribution in [0.3, 0.4) is 0 Å². The van der Waals surface area contributed by atoms with Gasteiger partial charge in [0.15, 0.2) is 0 Å². The summed E-state index contributed by atoms with van der Waals surface area (Å²) in [6.45, 7) is 7.89. The molecule has 0 aliphatic rings. The topological polar surface area (TPSA) is 18.5 Å². The fraction of sp³-hybridized carbons (Fsp3) is 0.467. The first-order valence-electron chi connectivity index (χ1n) is 5.95. The fourth-order valence-electron chi connectivity index (χ4n) is 1.26. The monoisotopic (exact) mass is 232 g/mol. The van der Waals surface area contributed by atoms with Crippen LogP contribution in [-0.2, 0) is 9.47 Å². The molecular formula is C15H20O2. The van der Waals surface area contributed by atoms with E-state index in [0.29, 0.717) is 0 Å². The second-order valence-corrected chi connectivity index (χ2v) is 4.34. The highest BCUT2D eigenvalue weighted by Crippen LogP contribution is 2.04. The summed E-state index contributed by atoms with van der Waals surface area (Å²) in [6.07, 6.45) is -0.261. The molecule has 1 aromatic rings. The predicted molar refractivity (Wildman–Crippen MR) is 69.6 cm³/mol. The van der Waals surface area contributed by atoms with Crippen molar-refractivity contribution in [3.05, 3.63) is 35.9 Å². The second-order valence-electron chi connectivity index (χ2n) is 4.34. The molecule has 17 heavy (non-hydrogen) atoms. The van der Waals surface area contributed by atoms with Crippen LogP contribution in [0.15, 0.2) is 30.3 Å². The molecule has 0 saturated heterocycles. The maximum atomic E-state index is 5.59. The molecule has 0 aromatic heterocycles. The highest BCUT2D eigenvalue weighted by Gasteiger charge is 2.09. The Morgan fingerprint density at radius 2 is 1.41 bits per heavy atom. The van der Waals surface area contributed by atoms with E-state index in [1.54, 1.807) is 0 Å². The van der Waals surface area contributed by atoms with Crippen molar-refractivity contribution in [3.8, 4) is 11.8 Å². The molecule has 0 bridgehead atoms. The van der Waals surface area contributed by atoms with Gasteiger partial charge in [-0.3, -0.25) is 0 Å². The third-order valence-electron chi connectivity index (χ3n) is 1.90. The third kappa shape index (κ3) is 6.11. The van der Waals surface area contributed by atoms with Crippen molar-refractivity contribution < 1.29 is 9.47 Å². The molecule has 0 heterocycles. The van der Waals surface area contributed by atoms with Gasteiger partial charge in [0.2, 0.25) is 6.29 Å². The molecule has 0 radical (unpaired) electrons. The van der Waals surface area contributed by atoms with Crippen molar-refractivity contribution in [1.29, 1.82) is 0 Å². The van der Waals surface area contributed by atoms with Crippen LogP contribution in [0.1, 0.15) is 33.3 Å². The van der Waals surface area contributed by atoms with E-state index in [2.05, 4.69) is 11.8 Å². The Morgan fingerprint density at radius 3 is 1.88 bits per heavy atom. The number of ether oxygens (including phenoxy) is 2. The van der Waals surface area contributed by atoms with E-state index in [1.807, 2.05) is 58.0 Å². The van der Waals surface area contributed by atoms with Gasteiger partial charge >= 0.3 is 0 Å². The Morgan fingerprint density at radius 1 is 0.882 bits per heavy atom. The van der Waals surface area contributed by atoms with Crippen LogP contribution < -0.4 is 0 Å². The molecule has 0 aliphatic carbocycles.